The van der Waals surface area contributed by atoms with E-state index >= 15 is 0 Å². The molecule has 0 bridgehead atoms. The van der Waals surface area contributed by atoms with Gasteiger partial charge in [0.1, 0.15) is 0 Å². The van der Waals surface area contributed by atoms with Crippen molar-refractivity contribution >= 4 is 11.8 Å². The lowest BCUT2D eigenvalue weighted by atomic mass is 10.1. The predicted molar refractivity (Wildman–Crippen MR) is 68.4 cm³/mol. The monoisotopic (exact) mass is 278 g/mol. The molecule has 1 aliphatic carbocycles. The van der Waals surface area contributed by atoms with Gasteiger partial charge in [-0.1, -0.05) is 0 Å². The first kappa shape index (κ1) is 13.1. The fourth-order valence-corrected chi connectivity index (χ4v) is 2.63. The SMILES string of the molecule is Cc1nnc(CN(C)C(=O)C2CC(=O)N(C3CC3)C2)o1. The van der Waals surface area contributed by atoms with Crippen LogP contribution in [0.3, 0.4) is 0 Å². The molecule has 3 rings (SSSR count). The number of aromatic nitrogens is 2. The molecule has 0 spiro atoms. The minimum absolute atomic E-state index is 0.0302. The highest BCUT2D eigenvalue weighted by Gasteiger charge is 2.42. The smallest absolute Gasteiger partial charge is 0.235 e. The molecule has 7 nitrogen and oxygen atoms in total. The summed E-state index contributed by atoms with van der Waals surface area (Å²) in [5.74, 6) is 0.737. The summed E-state index contributed by atoms with van der Waals surface area (Å²) in [6.07, 6.45) is 2.47. The van der Waals surface area contributed by atoms with Crippen molar-refractivity contribution in [2.45, 2.75) is 38.8 Å². The van der Waals surface area contributed by atoms with Crippen LogP contribution in [0.15, 0.2) is 4.42 Å². The Bertz CT molecular complexity index is 537. The number of hydrogen-bond donors (Lipinski definition) is 0. The van der Waals surface area contributed by atoms with Crippen LogP contribution in [0.25, 0.3) is 0 Å². The molecule has 0 aromatic carbocycles. The van der Waals surface area contributed by atoms with Crippen LogP contribution < -0.4 is 0 Å². The van der Waals surface area contributed by atoms with Crippen LogP contribution in [-0.2, 0) is 16.1 Å². The molecule has 20 heavy (non-hydrogen) atoms. The molecule has 1 unspecified atom stereocenters. The van der Waals surface area contributed by atoms with Crippen molar-refractivity contribution in [2.24, 2.45) is 5.92 Å². The highest BCUT2D eigenvalue weighted by molar-refractivity contribution is 5.89. The van der Waals surface area contributed by atoms with Crippen LogP contribution in [0, 0.1) is 12.8 Å². The van der Waals surface area contributed by atoms with Crippen LogP contribution in [0.4, 0.5) is 0 Å². The van der Waals surface area contributed by atoms with Crippen molar-refractivity contribution in [1.82, 2.24) is 20.0 Å². The van der Waals surface area contributed by atoms with Crippen molar-refractivity contribution < 1.29 is 14.0 Å². The lowest BCUT2D eigenvalue weighted by Crippen LogP contribution is -2.34. The highest BCUT2D eigenvalue weighted by Crippen LogP contribution is 2.33. The zero-order valence-electron chi connectivity index (χ0n) is 11.7. The van der Waals surface area contributed by atoms with Gasteiger partial charge in [0.25, 0.3) is 0 Å². The fourth-order valence-electron chi connectivity index (χ4n) is 2.63. The van der Waals surface area contributed by atoms with Gasteiger partial charge in [-0.15, -0.1) is 10.2 Å². The van der Waals surface area contributed by atoms with Crippen LogP contribution in [0.2, 0.25) is 0 Å². The van der Waals surface area contributed by atoms with Gasteiger partial charge in [0.2, 0.25) is 23.6 Å². The summed E-state index contributed by atoms with van der Waals surface area (Å²) in [7, 11) is 1.70. The standard InChI is InChI=1S/C13H18N4O3/c1-8-14-15-11(20-8)7-16(2)13(19)9-5-12(18)17(6-9)10-3-4-10/h9-10H,3-7H2,1-2H3. The summed E-state index contributed by atoms with van der Waals surface area (Å²) in [4.78, 5) is 27.6. The first-order valence-electron chi connectivity index (χ1n) is 6.88. The van der Waals surface area contributed by atoms with E-state index in [1.807, 2.05) is 4.90 Å². The second-order valence-electron chi connectivity index (χ2n) is 5.59. The Labute approximate surface area is 116 Å². The van der Waals surface area contributed by atoms with Crippen molar-refractivity contribution in [1.29, 1.82) is 0 Å². The highest BCUT2D eigenvalue weighted by atomic mass is 16.4. The van der Waals surface area contributed by atoms with Crippen molar-refractivity contribution in [3.8, 4) is 0 Å². The van der Waals surface area contributed by atoms with Gasteiger partial charge in [0.15, 0.2) is 0 Å². The summed E-state index contributed by atoms with van der Waals surface area (Å²) in [6, 6.07) is 0.379. The lowest BCUT2D eigenvalue weighted by molar-refractivity contribution is -0.135. The normalized spacial score (nSPS) is 22.4. The third-order valence-corrected chi connectivity index (χ3v) is 3.81. The van der Waals surface area contributed by atoms with E-state index in [1.54, 1.807) is 18.9 Å². The molecule has 1 saturated heterocycles. The van der Waals surface area contributed by atoms with E-state index < -0.39 is 0 Å². The third kappa shape index (κ3) is 2.52. The summed E-state index contributed by atoms with van der Waals surface area (Å²) in [5, 5.41) is 7.61. The van der Waals surface area contributed by atoms with Gasteiger partial charge in [0.05, 0.1) is 12.5 Å². The minimum atomic E-state index is -0.239. The molecule has 1 aromatic heterocycles. The summed E-state index contributed by atoms with van der Waals surface area (Å²) in [6.45, 7) is 2.55. The van der Waals surface area contributed by atoms with Gasteiger partial charge >= 0.3 is 0 Å². The molecule has 1 aliphatic heterocycles. The predicted octanol–water partition coefficient (Wildman–Crippen LogP) is 0.347. The molecule has 2 fully saturated rings. The maximum Gasteiger partial charge on any atom is 0.235 e. The van der Waals surface area contributed by atoms with Crippen LogP contribution in [0.5, 0.6) is 0 Å². The molecule has 1 atom stereocenters. The van der Waals surface area contributed by atoms with Gasteiger partial charge in [-0.25, -0.2) is 0 Å². The second-order valence-corrected chi connectivity index (χ2v) is 5.59. The fraction of sp³-hybridized carbons (Fsp3) is 0.692. The Kier molecular flexibility index (Phi) is 3.19. The molecule has 1 saturated carbocycles. The van der Waals surface area contributed by atoms with Crippen molar-refractivity contribution in [2.75, 3.05) is 13.6 Å². The van der Waals surface area contributed by atoms with Crippen molar-refractivity contribution in [3.05, 3.63) is 11.8 Å². The maximum absolute atomic E-state index is 12.3. The molecule has 2 aliphatic rings. The number of carbonyl (C=O) groups excluding carboxylic acids is 2. The van der Waals surface area contributed by atoms with E-state index in [1.165, 1.54) is 0 Å². The zero-order chi connectivity index (χ0) is 14.3. The first-order chi connectivity index (χ1) is 9.54. The van der Waals surface area contributed by atoms with Gasteiger partial charge in [-0.2, -0.15) is 0 Å². The number of carbonyl (C=O) groups is 2. The van der Waals surface area contributed by atoms with E-state index in [0.717, 1.165) is 12.8 Å². The Hall–Kier alpha value is -1.92. The van der Waals surface area contributed by atoms with E-state index in [2.05, 4.69) is 10.2 Å². The minimum Gasteiger partial charge on any atom is -0.424 e. The Morgan fingerprint density at radius 1 is 1.45 bits per heavy atom. The van der Waals surface area contributed by atoms with Gasteiger partial charge in [-0.05, 0) is 12.8 Å². The number of nitrogens with zero attached hydrogens (tertiary/aromatic N) is 4. The number of rotatable bonds is 4. The average molecular weight is 278 g/mol. The van der Waals surface area contributed by atoms with Gasteiger partial charge in [-0.3, -0.25) is 9.59 Å². The molecule has 0 radical (unpaired) electrons. The average Bonchev–Trinajstić information content (AvgIpc) is 3.06. The summed E-state index contributed by atoms with van der Waals surface area (Å²) < 4.78 is 5.26. The van der Waals surface area contributed by atoms with Gasteiger partial charge in [0, 0.05) is 33.0 Å². The Balaban J connectivity index is 1.59. The maximum atomic E-state index is 12.3. The Morgan fingerprint density at radius 2 is 2.20 bits per heavy atom. The third-order valence-electron chi connectivity index (χ3n) is 3.81. The zero-order valence-corrected chi connectivity index (χ0v) is 11.7. The first-order valence-corrected chi connectivity index (χ1v) is 6.88. The molecule has 2 heterocycles. The quantitative estimate of drug-likeness (QED) is 0.794. The molecular formula is C13H18N4O3. The largest absolute Gasteiger partial charge is 0.424 e. The Morgan fingerprint density at radius 3 is 2.80 bits per heavy atom. The molecule has 7 heteroatoms. The van der Waals surface area contributed by atoms with Crippen LogP contribution in [0.1, 0.15) is 31.0 Å². The van der Waals surface area contributed by atoms with Crippen molar-refractivity contribution in [3.63, 3.8) is 0 Å². The second kappa shape index (κ2) is 4.88. The number of amides is 2. The molecule has 0 N–H and O–H groups in total. The molecule has 1 aromatic rings. The van der Waals surface area contributed by atoms with E-state index in [9.17, 15) is 9.59 Å². The van der Waals surface area contributed by atoms with Crippen LogP contribution in [-0.4, -0.2) is 51.4 Å². The molecule has 2 amide bonds. The van der Waals surface area contributed by atoms with E-state index in [0.29, 0.717) is 30.8 Å². The molecular weight excluding hydrogens is 260 g/mol. The lowest BCUT2D eigenvalue weighted by Gasteiger charge is -2.20. The van der Waals surface area contributed by atoms with Gasteiger partial charge < -0.3 is 14.2 Å². The summed E-state index contributed by atoms with van der Waals surface area (Å²) >= 11 is 0. The summed E-state index contributed by atoms with van der Waals surface area (Å²) in [5.41, 5.74) is 0. The number of aryl methyl sites for hydroxylation is 1. The topological polar surface area (TPSA) is 79.5 Å². The van der Waals surface area contributed by atoms with E-state index in [4.69, 9.17) is 4.42 Å². The van der Waals surface area contributed by atoms with Crippen LogP contribution >= 0.6 is 0 Å². The molecule has 108 valence electrons. The number of hydrogen-bond acceptors (Lipinski definition) is 5. The number of likely N-dealkylation sites (tertiary alicyclic amines) is 1. The van der Waals surface area contributed by atoms with E-state index in [-0.39, 0.29) is 24.3 Å².